The van der Waals surface area contributed by atoms with Gasteiger partial charge >= 0.3 is 0 Å². The molecule has 2 aromatic rings. The van der Waals surface area contributed by atoms with E-state index in [4.69, 9.17) is 5.73 Å². The third-order valence-electron chi connectivity index (χ3n) is 3.07. The topological polar surface area (TPSA) is 29.3 Å². The smallest absolute Gasteiger partial charge is 0.123 e. The molecule has 0 aliphatic rings. The van der Waals surface area contributed by atoms with Gasteiger partial charge in [-0.1, -0.05) is 19.1 Å². The van der Waals surface area contributed by atoms with Gasteiger partial charge in [0, 0.05) is 24.5 Å². The average Bonchev–Trinajstić information content (AvgIpc) is 2.90. The first-order chi connectivity index (χ1) is 9.21. The third kappa shape index (κ3) is 4.13. The first kappa shape index (κ1) is 14.2. The summed E-state index contributed by atoms with van der Waals surface area (Å²) in [5.41, 5.74) is 7.42. The highest BCUT2D eigenvalue weighted by Gasteiger charge is 2.07. The van der Waals surface area contributed by atoms with Crippen molar-refractivity contribution < 1.29 is 4.39 Å². The molecule has 0 atom stereocenters. The molecule has 4 heteroatoms. The van der Waals surface area contributed by atoms with Gasteiger partial charge in [-0.3, -0.25) is 4.90 Å². The Morgan fingerprint density at radius 1 is 1.21 bits per heavy atom. The number of halogens is 1. The van der Waals surface area contributed by atoms with Crippen LogP contribution in [0.3, 0.4) is 0 Å². The molecule has 0 radical (unpaired) electrons. The van der Waals surface area contributed by atoms with E-state index in [1.54, 1.807) is 17.4 Å². The monoisotopic (exact) mass is 278 g/mol. The van der Waals surface area contributed by atoms with Crippen molar-refractivity contribution >= 4 is 11.3 Å². The summed E-state index contributed by atoms with van der Waals surface area (Å²) in [6.07, 6.45) is 0. The Balaban J connectivity index is 2.07. The van der Waals surface area contributed by atoms with Gasteiger partial charge in [0.25, 0.3) is 0 Å². The SMILES string of the molecule is CCN(Cc1cc(F)cc(CN)c1)Cc1cccs1. The predicted octanol–water partition coefficient (Wildman–Crippen LogP) is 3.37. The average molecular weight is 278 g/mol. The molecular formula is C15H19FN2S. The standard InChI is InChI=1S/C15H19FN2S/c1-2-18(11-15-4-3-5-19-15)10-13-6-12(9-17)7-14(16)8-13/h3-8H,2,9-11,17H2,1H3. The normalized spacial score (nSPS) is 11.2. The summed E-state index contributed by atoms with van der Waals surface area (Å²) in [4.78, 5) is 3.62. The molecule has 1 heterocycles. The summed E-state index contributed by atoms with van der Waals surface area (Å²) in [7, 11) is 0. The Morgan fingerprint density at radius 2 is 2.00 bits per heavy atom. The highest BCUT2D eigenvalue weighted by Crippen LogP contribution is 2.16. The van der Waals surface area contributed by atoms with Crippen molar-refractivity contribution in [1.29, 1.82) is 0 Å². The van der Waals surface area contributed by atoms with E-state index in [-0.39, 0.29) is 5.82 Å². The summed E-state index contributed by atoms with van der Waals surface area (Å²) >= 11 is 1.75. The lowest BCUT2D eigenvalue weighted by Gasteiger charge is -2.20. The fraction of sp³-hybridized carbons (Fsp3) is 0.333. The van der Waals surface area contributed by atoms with Crippen molar-refractivity contribution in [3.63, 3.8) is 0 Å². The van der Waals surface area contributed by atoms with Crippen LogP contribution in [0, 0.1) is 5.82 Å². The number of nitrogens with two attached hydrogens (primary N) is 1. The summed E-state index contributed by atoms with van der Waals surface area (Å²) in [5.74, 6) is -0.204. The lowest BCUT2D eigenvalue weighted by atomic mass is 10.1. The lowest BCUT2D eigenvalue weighted by Crippen LogP contribution is -2.22. The van der Waals surface area contributed by atoms with Crippen LogP contribution in [0.4, 0.5) is 4.39 Å². The zero-order valence-corrected chi connectivity index (χ0v) is 11.9. The van der Waals surface area contributed by atoms with E-state index in [9.17, 15) is 4.39 Å². The molecular weight excluding hydrogens is 259 g/mol. The maximum Gasteiger partial charge on any atom is 0.123 e. The molecule has 102 valence electrons. The van der Waals surface area contributed by atoms with Gasteiger partial charge in [0.1, 0.15) is 5.82 Å². The number of nitrogens with zero attached hydrogens (tertiary/aromatic N) is 1. The van der Waals surface area contributed by atoms with Crippen LogP contribution in [0.5, 0.6) is 0 Å². The van der Waals surface area contributed by atoms with Crippen molar-refractivity contribution in [2.24, 2.45) is 5.73 Å². The van der Waals surface area contributed by atoms with E-state index < -0.39 is 0 Å². The molecule has 1 aromatic heterocycles. The molecule has 0 unspecified atom stereocenters. The molecule has 2 N–H and O–H groups in total. The fourth-order valence-corrected chi connectivity index (χ4v) is 2.83. The fourth-order valence-electron chi connectivity index (χ4n) is 2.09. The highest BCUT2D eigenvalue weighted by atomic mass is 32.1. The number of hydrogen-bond donors (Lipinski definition) is 1. The minimum atomic E-state index is -0.204. The van der Waals surface area contributed by atoms with Gasteiger partial charge in [0.05, 0.1) is 0 Å². The van der Waals surface area contributed by atoms with Crippen LogP contribution in [0.1, 0.15) is 22.9 Å². The van der Waals surface area contributed by atoms with Gasteiger partial charge in [0.2, 0.25) is 0 Å². The van der Waals surface area contributed by atoms with E-state index in [0.717, 1.165) is 30.8 Å². The van der Waals surface area contributed by atoms with Crippen LogP contribution < -0.4 is 5.73 Å². The molecule has 2 nitrogen and oxygen atoms in total. The van der Waals surface area contributed by atoms with Gasteiger partial charge < -0.3 is 5.73 Å². The maximum atomic E-state index is 13.5. The predicted molar refractivity (Wildman–Crippen MR) is 78.4 cm³/mol. The van der Waals surface area contributed by atoms with Gasteiger partial charge in [-0.05, 0) is 41.3 Å². The number of benzene rings is 1. The second kappa shape index (κ2) is 6.80. The molecule has 0 saturated heterocycles. The van der Waals surface area contributed by atoms with E-state index in [1.165, 1.54) is 10.9 Å². The Labute approximate surface area is 117 Å². The van der Waals surface area contributed by atoms with Gasteiger partial charge in [-0.25, -0.2) is 4.39 Å². The third-order valence-corrected chi connectivity index (χ3v) is 3.93. The largest absolute Gasteiger partial charge is 0.326 e. The Morgan fingerprint density at radius 3 is 2.63 bits per heavy atom. The minimum Gasteiger partial charge on any atom is -0.326 e. The highest BCUT2D eigenvalue weighted by molar-refractivity contribution is 7.09. The van der Waals surface area contributed by atoms with Crippen LogP contribution in [-0.2, 0) is 19.6 Å². The summed E-state index contributed by atoms with van der Waals surface area (Å²) < 4.78 is 13.5. The summed E-state index contributed by atoms with van der Waals surface area (Å²) in [6, 6.07) is 9.27. The molecule has 1 aromatic carbocycles. The van der Waals surface area contributed by atoms with Crippen LogP contribution >= 0.6 is 11.3 Å². The number of rotatable bonds is 6. The molecule has 0 fully saturated rings. The van der Waals surface area contributed by atoms with Gasteiger partial charge in [0.15, 0.2) is 0 Å². The molecule has 0 bridgehead atoms. The second-order valence-electron chi connectivity index (χ2n) is 4.55. The number of thiophene rings is 1. The van der Waals surface area contributed by atoms with Crippen LogP contribution in [-0.4, -0.2) is 11.4 Å². The van der Waals surface area contributed by atoms with Crippen LogP contribution in [0.2, 0.25) is 0 Å². The Hall–Kier alpha value is -1.23. The zero-order chi connectivity index (χ0) is 13.7. The van der Waals surface area contributed by atoms with Gasteiger partial charge in [-0.15, -0.1) is 11.3 Å². The molecule has 0 spiro atoms. The number of hydrogen-bond acceptors (Lipinski definition) is 3. The Bertz CT molecular complexity index is 511. The van der Waals surface area contributed by atoms with E-state index in [0.29, 0.717) is 6.54 Å². The summed E-state index contributed by atoms with van der Waals surface area (Å²) in [5, 5.41) is 2.08. The maximum absolute atomic E-state index is 13.5. The first-order valence-electron chi connectivity index (χ1n) is 6.44. The molecule has 0 saturated carbocycles. The quantitative estimate of drug-likeness (QED) is 0.878. The van der Waals surface area contributed by atoms with Crippen LogP contribution in [0.25, 0.3) is 0 Å². The van der Waals surface area contributed by atoms with Crippen molar-refractivity contribution in [3.8, 4) is 0 Å². The minimum absolute atomic E-state index is 0.204. The van der Waals surface area contributed by atoms with Crippen LogP contribution in [0.15, 0.2) is 35.7 Å². The zero-order valence-electron chi connectivity index (χ0n) is 11.1. The van der Waals surface area contributed by atoms with Crippen molar-refractivity contribution in [1.82, 2.24) is 4.90 Å². The molecule has 19 heavy (non-hydrogen) atoms. The van der Waals surface area contributed by atoms with Crippen molar-refractivity contribution in [3.05, 3.63) is 57.5 Å². The lowest BCUT2D eigenvalue weighted by molar-refractivity contribution is 0.273. The van der Waals surface area contributed by atoms with Gasteiger partial charge in [-0.2, -0.15) is 0 Å². The summed E-state index contributed by atoms with van der Waals surface area (Å²) in [6.45, 7) is 5.09. The first-order valence-corrected chi connectivity index (χ1v) is 7.32. The van der Waals surface area contributed by atoms with E-state index in [1.807, 2.05) is 6.07 Å². The van der Waals surface area contributed by atoms with Crippen molar-refractivity contribution in [2.45, 2.75) is 26.6 Å². The molecule has 0 amide bonds. The molecule has 0 aliphatic carbocycles. The van der Waals surface area contributed by atoms with E-state index >= 15 is 0 Å². The Kier molecular flexibility index (Phi) is 5.07. The van der Waals surface area contributed by atoms with E-state index in [2.05, 4.69) is 29.3 Å². The molecule has 0 aliphatic heterocycles. The molecule has 2 rings (SSSR count). The second-order valence-corrected chi connectivity index (χ2v) is 5.59. The van der Waals surface area contributed by atoms with Crippen molar-refractivity contribution in [2.75, 3.05) is 6.54 Å².